The fraction of sp³-hybridized carbons (Fsp3) is 0.238. The molecule has 0 aromatic heterocycles. The zero-order valence-electron chi connectivity index (χ0n) is 15.1. The van der Waals surface area contributed by atoms with Gasteiger partial charge >= 0.3 is 5.97 Å². The number of ether oxygens (including phenoxy) is 1. The Morgan fingerprint density at radius 1 is 1.18 bits per heavy atom. The second kappa shape index (κ2) is 8.82. The molecule has 0 aliphatic carbocycles. The lowest BCUT2D eigenvalue weighted by Crippen LogP contribution is -2.28. The molecule has 1 fully saturated rings. The molecule has 2 aromatic rings. The van der Waals surface area contributed by atoms with Crippen molar-refractivity contribution in [3.05, 3.63) is 65.7 Å². The first-order valence-electron chi connectivity index (χ1n) is 8.83. The van der Waals surface area contributed by atoms with Gasteiger partial charge in [0, 0.05) is 25.2 Å². The smallest absolute Gasteiger partial charge is 0.311 e. The van der Waals surface area contributed by atoms with Gasteiger partial charge in [-0.1, -0.05) is 36.4 Å². The lowest BCUT2D eigenvalue weighted by atomic mass is 10.1. The van der Waals surface area contributed by atoms with Crippen LogP contribution in [0.1, 0.15) is 17.5 Å². The number of hydrogen-bond donors (Lipinski definition) is 1. The summed E-state index contributed by atoms with van der Waals surface area (Å²) >= 11 is 0. The molecule has 0 radical (unpaired) electrons. The molecule has 7 heteroatoms. The van der Waals surface area contributed by atoms with E-state index in [4.69, 9.17) is 10.00 Å². The fourth-order valence-corrected chi connectivity index (χ4v) is 3.00. The summed E-state index contributed by atoms with van der Waals surface area (Å²) in [5, 5.41) is 11.4. The van der Waals surface area contributed by atoms with Crippen LogP contribution in [0.4, 0.5) is 5.69 Å². The molecule has 1 aliphatic rings. The Morgan fingerprint density at radius 2 is 1.96 bits per heavy atom. The zero-order valence-corrected chi connectivity index (χ0v) is 15.1. The number of likely N-dealkylation sites (tertiary alicyclic amines) is 1. The largest absolute Gasteiger partial charge is 0.455 e. The summed E-state index contributed by atoms with van der Waals surface area (Å²) in [5.74, 6) is -1.76. The van der Waals surface area contributed by atoms with E-state index in [1.165, 1.54) is 6.07 Å². The van der Waals surface area contributed by atoms with Gasteiger partial charge in [0.05, 0.1) is 17.6 Å². The van der Waals surface area contributed by atoms with Crippen LogP contribution < -0.4 is 5.32 Å². The average molecular weight is 377 g/mol. The summed E-state index contributed by atoms with van der Waals surface area (Å²) in [7, 11) is 0. The Hall–Kier alpha value is -3.66. The van der Waals surface area contributed by atoms with E-state index in [1.807, 2.05) is 36.4 Å². The van der Waals surface area contributed by atoms with Gasteiger partial charge in [-0.25, -0.2) is 0 Å². The molecule has 7 nitrogen and oxygen atoms in total. The van der Waals surface area contributed by atoms with E-state index < -0.39 is 24.4 Å². The Labute approximate surface area is 162 Å². The normalized spacial score (nSPS) is 15.8. The maximum atomic E-state index is 12.2. The van der Waals surface area contributed by atoms with Gasteiger partial charge in [-0.3, -0.25) is 14.4 Å². The van der Waals surface area contributed by atoms with Crippen molar-refractivity contribution in [3.63, 3.8) is 0 Å². The molecular weight excluding hydrogens is 358 g/mol. The number of hydrogen-bond acceptors (Lipinski definition) is 5. The molecule has 1 N–H and O–H groups in total. The molecule has 142 valence electrons. The number of benzene rings is 2. The molecule has 3 rings (SSSR count). The number of amides is 2. The molecule has 2 aromatic carbocycles. The second-order valence-corrected chi connectivity index (χ2v) is 6.51. The van der Waals surface area contributed by atoms with Crippen LogP contribution in [0, 0.1) is 17.2 Å². The monoisotopic (exact) mass is 377 g/mol. The van der Waals surface area contributed by atoms with Crippen LogP contribution in [-0.2, 0) is 25.7 Å². The van der Waals surface area contributed by atoms with Gasteiger partial charge in [-0.2, -0.15) is 5.26 Å². The van der Waals surface area contributed by atoms with Gasteiger partial charge in [0.15, 0.2) is 6.61 Å². The van der Waals surface area contributed by atoms with Crippen molar-refractivity contribution in [2.75, 3.05) is 18.5 Å². The maximum Gasteiger partial charge on any atom is 0.311 e. The van der Waals surface area contributed by atoms with E-state index in [9.17, 15) is 14.4 Å². The van der Waals surface area contributed by atoms with Gasteiger partial charge in [-0.15, -0.1) is 0 Å². The van der Waals surface area contributed by atoms with Crippen LogP contribution in [0.3, 0.4) is 0 Å². The lowest BCUT2D eigenvalue weighted by molar-refractivity contribution is -0.151. The first kappa shape index (κ1) is 19.1. The first-order valence-corrected chi connectivity index (χ1v) is 8.83. The fourth-order valence-electron chi connectivity index (χ4n) is 3.00. The van der Waals surface area contributed by atoms with Crippen molar-refractivity contribution in [2.24, 2.45) is 5.92 Å². The third-order valence-corrected chi connectivity index (χ3v) is 4.39. The molecule has 1 saturated heterocycles. The van der Waals surface area contributed by atoms with Crippen LogP contribution in [0.5, 0.6) is 0 Å². The van der Waals surface area contributed by atoms with E-state index in [-0.39, 0.29) is 18.9 Å². The molecule has 0 bridgehead atoms. The predicted molar refractivity (Wildman–Crippen MR) is 101 cm³/mol. The van der Waals surface area contributed by atoms with E-state index >= 15 is 0 Å². The SMILES string of the molecule is N#Cc1cccc(NC(=O)COC(=O)C2CC(=O)N(Cc3ccccc3)C2)c1. The summed E-state index contributed by atoms with van der Waals surface area (Å²) in [6, 6.07) is 17.9. The van der Waals surface area contributed by atoms with E-state index in [2.05, 4.69) is 5.32 Å². The van der Waals surface area contributed by atoms with Crippen molar-refractivity contribution < 1.29 is 19.1 Å². The topological polar surface area (TPSA) is 99.5 Å². The third kappa shape index (κ3) is 4.95. The van der Waals surface area contributed by atoms with Crippen LogP contribution in [0.25, 0.3) is 0 Å². The first-order chi connectivity index (χ1) is 13.5. The zero-order chi connectivity index (χ0) is 19.9. The summed E-state index contributed by atoms with van der Waals surface area (Å²) in [6.07, 6.45) is 0.0809. The number of esters is 1. The molecule has 1 unspecified atom stereocenters. The van der Waals surface area contributed by atoms with Crippen LogP contribution in [-0.4, -0.2) is 35.8 Å². The highest BCUT2D eigenvalue weighted by atomic mass is 16.5. The van der Waals surface area contributed by atoms with Crippen molar-refractivity contribution in [1.82, 2.24) is 4.90 Å². The minimum absolute atomic E-state index is 0.0809. The van der Waals surface area contributed by atoms with Gasteiger partial charge in [0.25, 0.3) is 5.91 Å². The number of nitriles is 1. The summed E-state index contributed by atoms with van der Waals surface area (Å²) in [6.45, 7) is 0.274. The van der Waals surface area contributed by atoms with Gasteiger partial charge in [-0.05, 0) is 23.8 Å². The molecule has 1 aliphatic heterocycles. The van der Waals surface area contributed by atoms with E-state index in [0.717, 1.165) is 5.56 Å². The standard InChI is InChI=1S/C21H19N3O4/c22-11-16-7-4-8-18(9-16)23-19(25)14-28-21(27)17-10-20(26)24(13-17)12-15-5-2-1-3-6-15/h1-9,17H,10,12-14H2,(H,23,25). The van der Waals surface area contributed by atoms with Crippen molar-refractivity contribution in [2.45, 2.75) is 13.0 Å². The number of carbonyl (C=O) groups excluding carboxylic acids is 3. The Bertz CT molecular complexity index is 921. The number of nitrogens with zero attached hydrogens (tertiary/aromatic N) is 2. The second-order valence-electron chi connectivity index (χ2n) is 6.51. The van der Waals surface area contributed by atoms with Gasteiger partial charge in [0.2, 0.25) is 5.91 Å². The highest BCUT2D eigenvalue weighted by Gasteiger charge is 2.35. The lowest BCUT2D eigenvalue weighted by Gasteiger charge is -2.16. The van der Waals surface area contributed by atoms with Crippen LogP contribution in [0.15, 0.2) is 54.6 Å². The third-order valence-electron chi connectivity index (χ3n) is 4.39. The van der Waals surface area contributed by atoms with Gasteiger partial charge in [0.1, 0.15) is 0 Å². The minimum Gasteiger partial charge on any atom is -0.455 e. The number of nitrogens with one attached hydrogen (secondary N) is 1. The molecule has 2 amide bonds. The Kier molecular flexibility index (Phi) is 6.02. The maximum absolute atomic E-state index is 12.2. The summed E-state index contributed by atoms with van der Waals surface area (Å²) in [5.41, 5.74) is 1.85. The molecule has 1 heterocycles. The Balaban J connectivity index is 1.47. The Morgan fingerprint density at radius 3 is 2.71 bits per heavy atom. The van der Waals surface area contributed by atoms with Crippen LogP contribution >= 0.6 is 0 Å². The minimum atomic E-state index is -0.578. The molecule has 0 spiro atoms. The number of rotatable bonds is 6. The number of carbonyl (C=O) groups is 3. The van der Waals surface area contributed by atoms with Crippen molar-refractivity contribution >= 4 is 23.5 Å². The van der Waals surface area contributed by atoms with E-state index in [0.29, 0.717) is 17.8 Å². The summed E-state index contributed by atoms with van der Waals surface area (Å²) < 4.78 is 5.07. The highest BCUT2D eigenvalue weighted by molar-refractivity contribution is 5.93. The van der Waals surface area contributed by atoms with Crippen molar-refractivity contribution in [3.8, 4) is 6.07 Å². The predicted octanol–water partition coefficient (Wildman–Crippen LogP) is 2.09. The van der Waals surface area contributed by atoms with Crippen molar-refractivity contribution in [1.29, 1.82) is 5.26 Å². The molecular formula is C21H19N3O4. The molecule has 1 atom stereocenters. The quantitative estimate of drug-likeness (QED) is 0.777. The average Bonchev–Trinajstić information content (AvgIpc) is 3.07. The summed E-state index contributed by atoms with van der Waals surface area (Å²) in [4.78, 5) is 37.9. The molecule has 28 heavy (non-hydrogen) atoms. The molecule has 0 saturated carbocycles. The van der Waals surface area contributed by atoms with Gasteiger partial charge < -0.3 is 15.0 Å². The van der Waals surface area contributed by atoms with E-state index in [1.54, 1.807) is 23.1 Å². The highest BCUT2D eigenvalue weighted by Crippen LogP contribution is 2.21. The van der Waals surface area contributed by atoms with Crippen LogP contribution in [0.2, 0.25) is 0 Å². The number of anilines is 1.